The highest BCUT2D eigenvalue weighted by atomic mass is 32.2. The van der Waals surface area contributed by atoms with Gasteiger partial charge in [-0.3, -0.25) is 0 Å². The minimum atomic E-state index is -4.27. The number of rotatable bonds is 7. The normalized spacial score (nSPS) is 23.3. The Labute approximate surface area is 193 Å². The quantitative estimate of drug-likeness (QED) is 0.312. The lowest BCUT2D eigenvalue weighted by molar-refractivity contribution is -0.137. The van der Waals surface area contributed by atoms with Gasteiger partial charge in [-0.25, -0.2) is 0 Å². The van der Waals surface area contributed by atoms with E-state index in [4.69, 9.17) is 0 Å². The highest BCUT2D eigenvalue weighted by molar-refractivity contribution is 7.99. The van der Waals surface area contributed by atoms with Gasteiger partial charge in [0.2, 0.25) is 0 Å². The average Bonchev–Trinajstić information content (AvgIpc) is 3.16. The molecule has 2 aliphatic rings. The first kappa shape index (κ1) is 22.0. The van der Waals surface area contributed by atoms with Crippen LogP contribution in [0.4, 0.5) is 13.2 Å². The van der Waals surface area contributed by atoms with Gasteiger partial charge in [-0.1, -0.05) is 23.9 Å². The molecule has 1 spiro atoms. The van der Waals surface area contributed by atoms with Crippen LogP contribution in [0.1, 0.15) is 36.3 Å². The number of hydrogen-bond acceptors (Lipinski definition) is 5. The molecule has 1 saturated heterocycles. The monoisotopic (exact) mass is 478 g/mol. The summed E-state index contributed by atoms with van der Waals surface area (Å²) in [5, 5.41) is 13.7. The third-order valence-electron chi connectivity index (χ3n) is 6.76. The molecule has 0 N–H and O–H groups in total. The van der Waals surface area contributed by atoms with E-state index >= 15 is 0 Å². The molecule has 2 atom stereocenters. The Morgan fingerprint density at radius 2 is 2.00 bits per heavy atom. The summed E-state index contributed by atoms with van der Waals surface area (Å²) in [5.41, 5.74) is 1.86. The fourth-order valence-corrected chi connectivity index (χ4v) is 6.35. The SMILES string of the molecule is Cn1c(SCCCN2CCC3(CC3c3ccc(C(F)(F)F)cc3)C2)nnc1-c1ccsc1. The Balaban J connectivity index is 1.08. The number of thiophene rings is 1. The standard InChI is InChI=1S/C23H25F3N4S2/c1-29-20(17-7-12-31-14-17)27-28-21(29)32-11-2-9-30-10-8-22(15-30)13-19(22)16-3-5-18(6-4-16)23(24,25)26/h3-7,12,14,19H,2,8-11,13,15H2,1H3. The Kier molecular flexibility index (Phi) is 5.84. The van der Waals surface area contributed by atoms with Crippen LogP contribution in [0.25, 0.3) is 11.4 Å². The molecule has 5 rings (SSSR count). The number of likely N-dealkylation sites (tertiary alicyclic amines) is 1. The molecule has 1 saturated carbocycles. The van der Waals surface area contributed by atoms with E-state index in [1.165, 1.54) is 12.1 Å². The van der Waals surface area contributed by atoms with Crippen molar-refractivity contribution in [3.63, 3.8) is 0 Å². The maximum atomic E-state index is 12.8. The molecule has 1 aliphatic heterocycles. The van der Waals surface area contributed by atoms with Crippen LogP contribution < -0.4 is 0 Å². The number of halogens is 3. The van der Waals surface area contributed by atoms with Gasteiger partial charge in [0.25, 0.3) is 0 Å². The van der Waals surface area contributed by atoms with E-state index in [1.807, 2.05) is 12.4 Å². The molecule has 2 unspecified atom stereocenters. The minimum absolute atomic E-state index is 0.270. The van der Waals surface area contributed by atoms with Crippen LogP contribution in [0.5, 0.6) is 0 Å². The van der Waals surface area contributed by atoms with Crippen LogP contribution in [-0.4, -0.2) is 45.1 Å². The van der Waals surface area contributed by atoms with E-state index in [9.17, 15) is 13.2 Å². The molecule has 0 bridgehead atoms. The van der Waals surface area contributed by atoms with Gasteiger partial charge in [-0.15, -0.1) is 10.2 Å². The maximum Gasteiger partial charge on any atom is 0.416 e. The second-order valence-electron chi connectivity index (χ2n) is 8.84. The molecule has 2 aromatic heterocycles. The summed E-state index contributed by atoms with van der Waals surface area (Å²) in [6.45, 7) is 3.17. The summed E-state index contributed by atoms with van der Waals surface area (Å²) >= 11 is 3.39. The number of thioether (sulfide) groups is 1. The third kappa shape index (κ3) is 4.34. The fourth-order valence-electron chi connectivity index (χ4n) is 4.88. The largest absolute Gasteiger partial charge is 0.416 e. The van der Waals surface area contributed by atoms with Crippen molar-refractivity contribution in [1.29, 1.82) is 0 Å². The molecule has 170 valence electrons. The first-order chi connectivity index (χ1) is 15.4. The van der Waals surface area contributed by atoms with Gasteiger partial charge in [-0.2, -0.15) is 24.5 Å². The number of hydrogen-bond donors (Lipinski definition) is 0. The molecule has 9 heteroatoms. The zero-order valence-electron chi connectivity index (χ0n) is 17.8. The predicted molar refractivity (Wildman–Crippen MR) is 122 cm³/mol. The lowest BCUT2D eigenvalue weighted by Gasteiger charge is -2.16. The lowest BCUT2D eigenvalue weighted by Crippen LogP contribution is -2.23. The predicted octanol–water partition coefficient (Wildman–Crippen LogP) is 5.92. The average molecular weight is 479 g/mol. The molecule has 1 aliphatic carbocycles. The Hall–Kier alpha value is -1.84. The van der Waals surface area contributed by atoms with Gasteiger partial charge in [0.05, 0.1) is 5.56 Å². The van der Waals surface area contributed by atoms with E-state index in [-0.39, 0.29) is 5.41 Å². The van der Waals surface area contributed by atoms with Crippen molar-refractivity contribution in [3.05, 3.63) is 52.2 Å². The summed E-state index contributed by atoms with van der Waals surface area (Å²) in [6, 6.07) is 7.85. The molecule has 2 fully saturated rings. The van der Waals surface area contributed by atoms with Crippen LogP contribution in [0.3, 0.4) is 0 Å². The number of alkyl halides is 3. The van der Waals surface area contributed by atoms with Crippen molar-refractivity contribution in [1.82, 2.24) is 19.7 Å². The van der Waals surface area contributed by atoms with Gasteiger partial charge in [0.15, 0.2) is 11.0 Å². The summed E-state index contributed by atoms with van der Waals surface area (Å²) in [6.07, 6.45) is -0.961. The first-order valence-corrected chi connectivity index (χ1v) is 12.7. The van der Waals surface area contributed by atoms with Crippen molar-refractivity contribution in [3.8, 4) is 11.4 Å². The summed E-state index contributed by atoms with van der Waals surface area (Å²) in [4.78, 5) is 2.51. The third-order valence-corrected chi connectivity index (χ3v) is 8.55. The zero-order valence-corrected chi connectivity index (χ0v) is 19.4. The zero-order chi connectivity index (χ0) is 22.3. The van der Waals surface area contributed by atoms with Crippen molar-refractivity contribution in [2.75, 3.05) is 25.4 Å². The van der Waals surface area contributed by atoms with E-state index < -0.39 is 11.7 Å². The van der Waals surface area contributed by atoms with Crippen molar-refractivity contribution in [2.24, 2.45) is 12.5 Å². The summed E-state index contributed by atoms with van der Waals surface area (Å²) in [7, 11) is 2.01. The van der Waals surface area contributed by atoms with Crippen LogP contribution >= 0.6 is 23.1 Å². The Bertz CT molecular complexity index is 1060. The van der Waals surface area contributed by atoms with Crippen LogP contribution in [0.2, 0.25) is 0 Å². The Morgan fingerprint density at radius 1 is 1.19 bits per heavy atom. The molecular weight excluding hydrogens is 453 g/mol. The molecule has 0 radical (unpaired) electrons. The number of benzene rings is 1. The summed E-state index contributed by atoms with van der Waals surface area (Å²) < 4.78 is 40.5. The fraction of sp³-hybridized carbons (Fsp3) is 0.478. The van der Waals surface area contributed by atoms with E-state index in [0.29, 0.717) is 5.92 Å². The highest BCUT2D eigenvalue weighted by Gasteiger charge is 2.57. The van der Waals surface area contributed by atoms with Gasteiger partial charge in [-0.05, 0) is 72.8 Å². The maximum absolute atomic E-state index is 12.8. The highest BCUT2D eigenvalue weighted by Crippen LogP contribution is 2.64. The molecule has 0 amide bonds. The molecular formula is C23H25F3N4S2. The van der Waals surface area contributed by atoms with E-state index in [0.717, 1.165) is 66.8 Å². The van der Waals surface area contributed by atoms with Crippen LogP contribution in [0.15, 0.2) is 46.2 Å². The van der Waals surface area contributed by atoms with Gasteiger partial charge < -0.3 is 9.47 Å². The van der Waals surface area contributed by atoms with Crippen LogP contribution in [0, 0.1) is 5.41 Å². The molecule has 32 heavy (non-hydrogen) atoms. The van der Waals surface area contributed by atoms with Crippen LogP contribution in [-0.2, 0) is 13.2 Å². The second-order valence-corrected chi connectivity index (χ2v) is 10.7. The van der Waals surface area contributed by atoms with Crippen molar-refractivity contribution >= 4 is 23.1 Å². The molecule has 1 aromatic carbocycles. The molecule has 3 aromatic rings. The van der Waals surface area contributed by atoms with Gasteiger partial charge in [0.1, 0.15) is 0 Å². The first-order valence-electron chi connectivity index (χ1n) is 10.8. The second kappa shape index (κ2) is 8.50. The Morgan fingerprint density at radius 3 is 2.72 bits per heavy atom. The van der Waals surface area contributed by atoms with Crippen molar-refractivity contribution in [2.45, 2.75) is 36.5 Å². The minimum Gasteiger partial charge on any atom is -0.305 e. The number of nitrogens with zero attached hydrogens (tertiary/aromatic N) is 4. The van der Waals surface area contributed by atoms with Gasteiger partial charge >= 0.3 is 6.18 Å². The summed E-state index contributed by atoms with van der Waals surface area (Å²) in [5.74, 6) is 2.29. The molecule has 4 nitrogen and oxygen atoms in total. The van der Waals surface area contributed by atoms with E-state index in [1.54, 1.807) is 35.2 Å². The number of aromatic nitrogens is 3. The topological polar surface area (TPSA) is 34.0 Å². The van der Waals surface area contributed by atoms with E-state index in [2.05, 4.69) is 31.1 Å². The molecule has 3 heterocycles. The van der Waals surface area contributed by atoms with Gasteiger partial charge in [0, 0.05) is 30.3 Å². The lowest BCUT2D eigenvalue weighted by atomic mass is 9.97. The van der Waals surface area contributed by atoms with Crippen molar-refractivity contribution < 1.29 is 13.2 Å². The smallest absolute Gasteiger partial charge is 0.305 e.